The fraction of sp³-hybridized carbons (Fsp3) is 0.548. The highest BCUT2D eigenvalue weighted by Gasteiger charge is 2.64. The van der Waals surface area contributed by atoms with Gasteiger partial charge in [-0.15, -0.1) is 0 Å². The maximum Gasteiger partial charge on any atom is 0.410 e. The third-order valence-corrected chi connectivity index (χ3v) is 14.3. The summed E-state index contributed by atoms with van der Waals surface area (Å²) in [6.45, 7) is 5.48. The van der Waals surface area contributed by atoms with E-state index in [0.717, 1.165) is 29.5 Å². The first-order valence-electron chi connectivity index (χ1n) is 20.1. The molecule has 5 atom stereocenters. The molecule has 2 aromatic carbocycles. The standard InChI is InChI=1S/C42H52ClN5O9S/c1-40(2,3)57-38(52)44-33-18-11-6-4-5-10-16-29-23-42(29,37(51)46-58(54,55)41(19-20-41)22-27-13-8-7-9-14-27)45-35(49)34-21-30(25-48(34)36(33)50)56-39(53)47-24-28-15-12-17-32(43)31(28)26-47/h7-10,12-17,29-30,33-34H,4-6,11,18-26H2,1-3H3,(H,44,52)(H,45,49)(H,46,51)/b16-10-/t29-,30+,33-,34-,42+/m0/s1. The zero-order chi connectivity index (χ0) is 41.5. The molecule has 3 N–H and O–H groups in total. The van der Waals surface area contributed by atoms with Crippen LogP contribution in [-0.2, 0) is 53.4 Å². The van der Waals surface area contributed by atoms with E-state index in [0.29, 0.717) is 30.7 Å². The Hall–Kier alpha value is -4.63. The maximum atomic E-state index is 14.5. The number of fused-ring (bicyclic) bond motifs is 3. The van der Waals surface area contributed by atoms with Crippen LogP contribution < -0.4 is 15.4 Å². The number of benzene rings is 2. The zero-order valence-corrected chi connectivity index (χ0v) is 34.7. The summed E-state index contributed by atoms with van der Waals surface area (Å²) in [5.41, 5.74) is 0.113. The van der Waals surface area contributed by atoms with Gasteiger partial charge in [-0.3, -0.25) is 24.0 Å². The van der Waals surface area contributed by atoms with E-state index in [2.05, 4.69) is 15.4 Å². The number of nitrogens with zero attached hydrogens (tertiary/aromatic N) is 2. The van der Waals surface area contributed by atoms with Crippen molar-refractivity contribution in [2.45, 2.75) is 132 Å². The Morgan fingerprint density at radius 1 is 1.00 bits per heavy atom. The minimum Gasteiger partial charge on any atom is -0.444 e. The Labute approximate surface area is 344 Å². The van der Waals surface area contributed by atoms with Crippen LogP contribution in [0.3, 0.4) is 0 Å². The molecule has 0 spiro atoms. The number of hydrogen-bond donors (Lipinski definition) is 3. The van der Waals surface area contributed by atoms with Gasteiger partial charge in [0.15, 0.2) is 0 Å². The van der Waals surface area contributed by atoms with Gasteiger partial charge >= 0.3 is 12.2 Å². The lowest BCUT2D eigenvalue weighted by Gasteiger charge is -2.30. The molecule has 14 nitrogen and oxygen atoms in total. The Kier molecular flexibility index (Phi) is 11.6. The number of carbonyl (C=O) groups excluding carboxylic acids is 5. The highest BCUT2D eigenvalue weighted by atomic mass is 35.5. The summed E-state index contributed by atoms with van der Waals surface area (Å²) in [6.07, 6.45) is 5.50. The Morgan fingerprint density at radius 2 is 1.76 bits per heavy atom. The predicted molar refractivity (Wildman–Crippen MR) is 215 cm³/mol. The van der Waals surface area contributed by atoms with Gasteiger partial charge in [0.2, 0.25) is 21.8 Å². The van der Waals surface area contributed by atoms with Gasteiger partial charge in [0.05, 0.1) is 17.8 Å². The molecule has 0 radical (unpaired) electrons. The lowest BCUT2D eigenvalue weighted by molar-refractivity contribution is -0.141. The smallest absolute Gasteiger partial charge is 0.410 e. The molecule has 2 aliphatic carbocycles. The van der Waals surface area contributed by atoms with Crippen LogP contribution in [0.25, 0.3) is 0 Å². The van der Waals surface area contributed by atoms with Gasteiger partial charge in [-0.2, -0.15) is 0 Å². The summed E-state index contributed by atoms with van der Waals surface area (Å²) in [4.78, 5) is 72.5. The highest BCUT2D eigenvalue weighted by Crippen LogP contribution is 2.49. The molecule has 16 heteroatoms. The van der Waals surface area contributed by atoms with Gasteiger partial charge < -0.3 is 25.0 Å². The fourth-order valence-electron chi connectivity index (χ4n) is 8.31. The number of allylic oxidation sites excluding steroid dienone is 1. The van der Waals surface area contributed by atoms with Gasteiger partial charge in [-0.05, 0) is 88.5 Å². The van der Waals surface area contributed by atoms with Gasteiger partial charge in [-0.1, -0.05) is 79.1 Å². The van der Waals surface area contributed by atoms with Crippen molar-refractivity contribution in [1.82, 2.24) is 25.2 Å². The lowest BCUT2D eigenvalue weighted by Crippen LogP contribution is -2.59. The molecule has 2 aromatic rings. The Bertz CT molecular complexity index is 2090. The van der Waals surface area contributed by atoms with Crippen molar-refractivity contribution >= 4 is 51.5 Å². The molecule has 5 aliphatic rings. The van der Waals surface area contributed by atoms with E-state index in [9.17, 15) is 32.4 Å². The third-order valence-electron chi connectivity index (χ3n) is 11.8. The van der Waals surface area contributed by atoms with Crippen molar-refractivity contribution in [3.8, 4) is 0 Å². The zero-order valence-electron chi connectivity index (χ0n) is 33.1. The van der Waals surface area contributed by atoms with Crippen LogP contribution >= 0.6 is 11.6 Å². The Morgan fingerprint density at radius 3 is 2.47 bits per heavy atom. The molecular formula is C42H52ClN5O9S. The van der Waals surface area contributed by atoms with Gasteiger partial charge in [0, 0.05) is 23.9 Å². The van der Waals surface area contributed by atoms with Crippen LogP contribution in [0.4, 0.5) is 9.59 Å². The molecule has 58 heavy (non-hydrogen) atoms. The van der Waals surface area contributed by atoms with Crippen LogP contribution in [-0.4, -0.2) is 88.7 Å². The van der Waals surface area contributed by atoms with Crippen molar-refractivity contribution < 1.29 is 41.9 Å². The van der Waals surface area contributed by atoms with E-state index in [4.69, 9.17) is 21.1 Å². The van der Waals surface area contributed by atoms with E-state index in [-0.39, 0.29) is 45.3 Å². The fourth-order valence-corrected chi connectivity index (χ4v) is 10.2. The number of hydrogen-bond acceptors (Lipinski definition) is 9. The van der Waals surface area contributed by atoms with Gasteiger partial charge in [-0.25, -0.2) is 18.0 Å². The summed E-state index contributed by atoms with van der Waals surface area (Å²) in [5.74, 6) is -2.60. The SMILES string of the molecule is CC(C)(C)OC(=O)N[C@H]1CCCCC/C=C\[C@H]2C[C@@]2(C(=O)NS(=O)(=O)C2(Cc3ccccc3)CC2)NC(=O)[C@@H]2C[C@@H](OC(=O)N3Cc4cccc(Cl)c4C3)CN2C1=O. The van der Waals surface area contributed by atoms with Crippen LogP contribution in [0.1, 0.15) is 95.2 Å². The number of sulfonamides is 1. The van der Waals surface area contributed by atoms with Crippen LogP contribution in [0.2, 0.25) is 5.02 Å². The van der Waals surface area contributed by atoms with Crippen LogP contribution in [0, 0.1) is 5.92 Å². The molecule has 0 aromatic heterocycles. The molecule has 0 bridgehead atoms. The minimum atomic E-state index is -4.16. The van der Waals surface area contributed by atoms with Gasteiger partial charge in [0.1, 0.15) is 29.3 Å². The molecular weight excluding hydrogens is 786 g/mol. The molecule has 3 aliphatic heterocycles. The molecule has 3 heterocycles. The average Bonchev–Trinajstić information content (AvgIpc) is 3.98. The minimum absolute atomic E-state index is 0.0965. The number of nitrogens with one attached hydrogen (secondary N) is 3. The molecule has 7 rings (SSSR count). The first-order chi connectivity index (χ1) is 27.5. The van der Waals surface area contributed by atoms with E-state index in [1.54, 1.807) is 26.8 Å². The number of ether oxygens (including phenoxy) is 2. The summed E-state index contributed by atoms with van der Waals surface area (Å²) >= 11 is 6.39. The summed E-state index contributed by atoms with van der Waals surface area (Å²) < 4.78 is 40.4. The Balaban J connectivity index is 1.13. The van der Waals surface area contributed by atoms with E-state index in [1.807, 2.05) is 54.6 Å². The summed E-state index contributed by atoms with van der Waals surface area (Å²) in [6, 6.07) is 12.4. The topological polar surface area (TPSA) is 181 Å². The van der Waals surface area contributed by atoms with E-state index < -0.39 is 79.9 Å². The van der Waals surface area contributed by atoms with E-state index >= 15 is 0 Å². The largest absolute Gasteiger partial charge is 0.444 e. The molecule has 1 saturated heterocycles. The van der Waals surface area contributed by atoms with Crippen molar-refractivity contribution in [2.75, 3.05) is 6.54 Å². The number of alkyl carbamates (subject to hydrolysis) is 1. The lowest BCUT2D eigenvalue weighted by atomic mass is 10.0. The molecule has 2 saturated carbocycles. The van der Waals surface area contributed by atoms with E-state index in [1.165, 1.54) is 9.80 Å². The predicted octanol–water partition coefficient (Wildman–Crippen LogP) is 5.27. The monoisotopic (exact) mass is 837 g/mol. The molecule has 5 amide bonds. The highest BCUT2D eigenvalue weighted by molar-refractivity contribution is 7.91. The molecule has 3 fully saturated rings. The number of rotatable bonds is 7. The number of amides is 5. The third kappa shape index (κ3) is 9.00. The normalized spacial score (nSPS) is 27.4. The van der Waals surface area contributed by atoms with Crippen molar-refractivity contribution in [1.29, 1.82) is 0 Å². The second-order valence-electron chi connectivity index (χ2n) is 17.3. The summed E-state index contributed by atoms with van der Waals surface area (Å²) in [5, 5.41) is 6.11. The van der Waals surface area contributed by atoms with Crippen molar-refractivity contribution in [2.24, 2.45) is 5.92 Å². The quantitative estimate of drug-likeness (QED) is 0.313. The van der Waals surface area contributed by atoms with Gasteiger partial charge in [0.25, 0.3) is 5.91 Å². The first-order valence-corrected chi connectivity index (χ1v) is 22.0. The molecule has 312 valence electrons. The summed E-state index contributed by atoms with van der Waals surface area (Å²) in [7, 11) is -4.16. The number of carbonyl (C=O) groups is 5. The second kappa shape index (κ2) is 16.2. The average molecular weight is 838 g/mol. The van der Waals surface area contributed by atoms with Crippen molar-refractivity contribution in [3.63, 3.8) is 0 Å². The van der Waals surface area contributed by atoms with Crippen LogP contribution in [0.15, 0.2) is 60.7 Å². The second-order valence-corrected chi connectivity index (χ2v) is 19.8. The van der Waals surface area contributed by atoms with Crippen LogP contribution in [0.5, 0.6) is 0 Å². The van der Waals surface area contributed by atoms with Crippen molar-refractivity contribution in [3.05, 3.63) is 82.4 Å². The molecule has 0 unspecified atom stereocenters. The first kappa shape index (κ1) is 41.5. The number of halogens is 1. The maximum absolute atomic E-state index is 14.5.